The highest BCUT2D eigenvalue weighted by Crippen LogP contribution is 2.44. The molecule has 1 amide bonds. The predicted molar refractivity (Wildman–Crippen MR) is 86.6 cm³/mol. The lowest BCUT2D eigenvalue weighted by Gasteiger charge is -2.26. The predicted octanol–water partition coefficient (Wildman–Crippen LogP) is 3.82. The largest absolute Gasteiger partial charge is 0.493 e. The van der Waals surface area contributed by atoms with Crippen molar-refractivity contribution in [3.05, 3.63) is 42.0 Å². The van der Waals surface area contributed by atoms with Gasteiger partial charge in [0.05, 0.1) is 14.2 Å². The van der Waals surface area contributed by atoms with Crippen molar-refractivity contribution in [2.45, 2.75) is 19.3 Å². The fraction of sp³-hybridized carbons (Fsp3) is 0.278. The van der Waals surface area contributed by atoms with E-state index >= 15 is 0 Å². The van der Waals surface area contributed by atoms with E-state index in [2.05, 4.69) is 18.3 Å². The number of rotatable bonds is 3. The number of para-hydroxylation sites is 1. The zero-order chi connectivity index (χ0) is 15.7. The van der Waals surface area contributed by atoms with E-state index in [0.717, 1.165) is 22.4 Å². The number of methoxy groups -OCH3 is 2. The van der Waals surface area contributed by atoms with E-state index < -0.39 is 0 Å². The molecule has 3 rings (SSSR count). The minimum Gasteiger partial charge on any atom is -0.493 e. The van der Waals surface area contributed by atoms with Gasteiger partial charge in [-0.05, 0) is 29.2 Å². The van der Waals surface area contributed by atoms with Crippen LogP contribution in [0, 0.1) is 0 Å². The third-order valence-corrected chi connectivity index (χ3v) is 4.06. The van der Waals surface area contributed by atoms with Crippen LogP contribution in [0.1, 0.15) is 24.8 Å². The van der Waals surface area contributed by atoms with Crippen LogP contribution >= 0.6 is 0 Å². The highest BCUT2D eigenvalue weighted by atomic mass is 16.5. The summed E-state index contributed by atoms with van der Waals surface area (Å²) in [5, 5.41) is 2.96. The summed E-state index contributed by atoms with van der Waals surface area (Å²) in [5.41, 5.74) is 4.07. The maximum Gasteiger partial charge on any atom is 0.224 e. The molecule has 4 nitrogen and oxygen atoms in total. The number of carbonyl (C=O) groups is 1. The summed E-state index contributed by atoms with van der Waals surface area (Å²) in [7, 11) is 3.27. The van der Waals surface area contributed by atoms with Crippen molar-refractivity contribution in [1.82, 2.24) is 0 Å². The average Bonchev–Trinajstić information content (AvgIpc) is 2.53. The van der Waals surface area contributed by atoms with E-state index in [1.165, 1.54) is 0 Å². The van der Waals surface area contributed by atoms with Gasteiger partial charge in [0.25, 0.3) is 0 Å². The number of hydrogen-bond donors (Lipinski definition) is 1. The topological polar surface area (TPSA) is 47.6 Å². The Morgan fingerprint density at radius 1 is 1.05 bits per heavy atom. The van der Waals surface area contributed by atoms with Gasteiger partial charge in [0, 0.05) is 17.7 Å². The molecule has 1 unspecified atom stereocenters. The second kappa shape index (κ2) is 5.72. The zero-order valence-corrected chi connectivity index (χ0v) is 13.0. The molecule has 2 aromatic rings. The molecule has 2 aromatic carbocycles. The van der Waals surface area contributed by atoms with E-state index in [4.69, 9.17) is 9.47 Å². The van der Waals surface area contributed by atoms with Gasteiger partial charge < -0.3 is 14.8 Å². The number of anilines is 1. The number of fused-ring (bicyclic) bond motifs is 1. The van der Waals surface area contributed by atoms with Crippen molar-refractivity contribution in [1.29, 1.82) is 0 Å². The van der Waals surface area contributed by atoms with Crippen LogP contribution in [0.15, 0.2) is 36.4 Å². The highest BCUT2D eigenvalue weighted by Gasteiger charge is 2.26. The van der Waals surface area contributed by atoms with Gasteiger partial charge in [-0.1, -0.05) is 31.2 Å². The Bertz CT molecular complexity index is 724. The molecule has 0 radical (unpaired) electrons. The number of carbonyl (C=O) groups excluding carboxylic acids is 1. The Hall–Kier alpha value is -2.49. The molecule has 1 N–H and O–H groups in total. The highest BCUT2D eigenvalue weighted by molar-refractivity contribution is 5.97. The summed E-state index contributed by atoms with van der Waals surface area (Å²) in [5.74, 6) is 1.64. The molecular weight excluding hydrogens is 278 g/mol. The standard InChI is InChI=1S/C18H19NO3/c1-11-10-16(20)19-14-8-4-6-12(17(11)14)13-7-5-9-15(21-2)18(13)22-3/h4-9,11H,10H2,1-3H3,(H,19,20). The molecule has 1 aliphatic heterocycles. The maximum atomic E-state index is 11.8. The van der Waals surface area contributed by atoms with Crippen molar-refractivity contribution in [3.63, 3.8) is 0 Å². The summed E-state index contributed by atoms with van der Waals surface area (Å²) in [6, 6.07) is 11.8. The van der Waals surface area contributed by atoms with Crippen LogP contribution in [0.4, 0.5) is 5.69 Å². The van der Waals surface area contributed by atoms with Gasteiger partial charge in [-0.2, -0.15) is 0 Å². The van der Waals surface area contributed by atoms with E-state index in [0.29, 0.717) is 17.9 Å². The van der Waals surface area contributed by atoms with Crippen molar-refractivity contribution >= 4 is 11.6 Å². The van der Waals surface area contributed by atoms with Crippen LogP contribution < -0.4 is 14.8 Å². The molecule has 0 aromatic heterocycles. The molecule has 1 aliphatic rings. The van der Waals surface area contributed by atoms with Crippen molar-refractivity contribution in [2.24, 2.45) is 0 Å². The normalized spacial score (nSPS) is 16.7. The zero-order valence-electron chi connectivity index (χ0n) is 13.0. The Morgan fingerprint density at radius 3 is 2.50 bits per heavy atom. The monoisotopic (exact) mass is 297 g/mol. The van der Waals surface area contributed by atoms with Crippen molar-refractivity contribution in [3.8, 4) is 22.6 Å². The molecule has 1 heterocycles. The molecule has 0 saturated carbocycles. The Kier molecular flexibility index (Phi) is 3.75. The third kappa shape index (κ3) is 2.30. The fourth-order valence-corrected chi connectivity index (χ4v) is 3.12. The number of nitrogens with one attached hydrogen (secondary N) is 1. The molecule has 0 fully saturated rings. The summed E-state index contributed by atoms with van der Waals surface area (Å²) in [4.78, 5) is 11.8. The van der Waals surface area contributed by atoms with Crippen molar-refractivity contribution in [2.75, 3.05) is 19.5 Å². The third-order valence-electron chi connectivity index (χ3n) is 4.06. The van der Waals surface area contributed by atoms with Crippen LogP contribution in [0.25, 0.3) is 11.1 Å². The van der Waals surface area contributed by atoms with Gasteiger partial charge >= 0.3 is 0 Å². The lowest BCUT2D eigenvalue weighted by Crippen LogP contribution is -2.22. The fourth-order valence-electron chi connectivity index (χ4n) is 3.12. The van der Waals surface area contributed by atoms with Crippen LogP contribution in [-0.4, -0.2) is 20.1 Å². The molecule has 0 aliphatic carbocycles. The Balaban J connectivity index is 2.23. The van der Waals surface area contributed by atoms with E-state index in [-0.39, 0.29) is 11.8 Å². The first kappa shape index (κ1) is 14.4. The Morgan fingerprint density at radius 2 is 1.77 bits per heavy atom. The smallest absolute Gasteiger partial charge is 0.224 e. The first-order valence-electron chi connectivity index (χ1n) is 7.29. The quantitative estimate of drug-likeness (QED) is 0.937. The first-order chi connectivity index (χ1) is 10.7. The lowest BCUT2D eigenvalue weighted by molar-refractivity contribution is -0.116. The maximum absolute atomic E-state index is 11.8. The lowest BCUT2D eigenvalue weighted by atomic mass is 9.85. The number of hydrogen-bond acceptors (Lipinski definition) is 3. The van der Waals surface area contributed by atoms with E-state index in [9.17, 15) is 4.79 Å². The summed E-state index contributed by atoms with van der Waals surface area (Å²) < 4.78 is 10.9. The minimum absolute atomic E-state index is 0.0646. The molecule has 0 bridgehead atoms. The average molecular weight is 297 g/mol. The molecule has 4 heteroatoms. The SMILES string of the molecule is COc1cccc(-c2cccc3c2C(C)CC(=O)N3)c1OC. The van der Waals surface area contributed by atoms with Gasteiger partial charge in [-0.15, -0.1) is 0 Å². The van der Waals surface area contributed by atoms with Gasteiger partial charge in [0.15, 0.2) is 11.5 Å². The summed E-state index contributed by atoms with van der Waals surface area (Å²) in [6.07, 6.45) is 0.496. The van der Waals surface area contributed by atoms with Crippen molar-refractivity contribution < 1.29 is 14.3 Å². The minimum atomic E-state index is 0.0646. The van der Waals surface area contributed by atoms with Crippen LogP contribution in [0.2, 0.25) is 0 Å². The number of ether oxygens (including phenoxy) is 2. The van der Waals surface area contributed by atoms with Gasteiger partial charge in [-0.25, -0.2) is 0 Å². The molecule has 22 heavy (non-hydrogen) atoms. The van der Waals surface area contributed by atoms with Crippen LogP contribution in [-0.2, 0) is 4.79 Å². The molecule has 114 valence electrons. The number of benzene rings is 2. The van der Waals surface area contributed by atoms with Crippen LogP contribution in [0.5, 0.6) is 11.5 Å². The Labute approximate surface area is 130 Å². The first-order valence-corrected chi connectivity index (χ1v) is 7.29. The molecule has 0 saturated heterocycles. The van der Waals surface area contributed by atoms with E-state index in [1.807, 2.05) is 30.3 Å². The van der Waals surface area contributed by atoms with Crippen LogP contribution in [0.3, 0.4) is 0 Å². The van der Waals surface area contributed by atoms with Gasteiger partial charge in [0.1, 0.15) is 0 Å². The van der Waals surface area contributed by atoms with Gasteiger partial charge in [-0.3, -0.25) is 4.79 Å². The summed E-state index contributed by atoms with van der Waals surface area (Å²) in [6.45, 7) is 2.08. The molecule has 1 atom stereocenters. The molecular formula is C18H19NO3. The summed E-state index contributed by atoms with van der Waals surface area (Å²) >= 11 is 0. The van der Waals surface area contributed by atoms with E-state index in [1.54, 1.807) is 14.2 Å². The second-order valence-electron chi connectivity index (χ2n) is 5.46. The van der Waals surface area contributed by atoms with Gasteiger partial charge in [0.2, 0.25) is 5.91 Å². The number of amides is 1. The second-order valence-corrected chi connectivity index (χ2v) is 5.46. The molecule has 0 spiro atoms.